The Bertz CT molecular complexity index is 818. The molecule has 0 unspecified atom stereocenters. The van der Waals surface area contributed by atoms with Crippen LogP contribution in [0.5, 0.6) is 5.75 Å². The maximum Gasteiger partial charge on any atom is 0.120 e. The van der Waals surface area contributed by atoms with E-state index in [0.29, 0.717) is 19.2 Å². The first-order chi connectivity index (χ1) is 11.1. The molecule has 0 aliphatic heterocycles. The molecule has 0 bridgehead atoms. The van der Waals surface area contributed by atoms with Crippen molar-refractivity contribution in [3.05, 3.63) is 65.4 Å². The summed E-state index contributed by atoms with van der Waals surface area (Å²) in [5, 5.41) is 1.23. The largest absolute Gasteiger partial charge is 0.489 e. The van der Waals surface area contributed by atoms with Crippen molar-refractivity contribution in [1.29, 1.82) is 0 Å². The Morgan fingerprint density at radius 2 is 1.96 bits per heavy atom. The number of aryl methyl sites for hydroxylation is 1. The van der Waals surface area contributed by atoms with Crippen LogP contribution in [0, 0.1) is 6.92 Å². The van der Waals surface area contributed by atoms with Crippen LogP contribution < -0.4 is 10.5 Å². The van der Waals surface area contributed by atoms with Crippen LogP contribution in [0.2, 0.25) is 0 Å². The van der Waals surface area contributed by atoms with E-state index in [9.17, 15) is 0 Å². The molecule has 0 aliphatic carbocycles. The monoisotopic (exact) mass is 308 g/mol. The normalized spacial score (nSPS) is 11.3. The first-order valence-corrected chi connectivity index (χ1v) is 8.10. The minimum absolute atomic E-state index is 0.411. The lowest BCUT2D eigenvalue weighted by molar-refractivity contribution is 0.307. The number of ether oxygens (including phenoxy) is 1. The second-order valence-electron chi connectivity index (χ2n) is 6.32. The Labute approximate surface area is 137 Å². The Morgan fingerprint density at radius 1 is 1.13 bits per heavy atom. The molecule has 0 saturated heterocycles. The Balaban J connectivity index is 1.95. The standard InChI is InChI=1S/C20H24N2O/c1-14(2)22-12-17(13-23-18-6-4-5-15(3)9-18)19-10-16(11-21)7-8-20(19)22/h4-10,12,14H,11,13,21H2,1-3H3. The van der Waals surface area contributed by atoms with Crippen LogP contribution in [0.3, 0.4) is 0 Å². The summed E-state index contributed by atoms with van der Waals surface area (Å²) in [6, 6.07) is 15.0. The van der Waals surface area contributed by atoms with Crippen molar-refractivity contribution in [2.24, 2.45) is 5.73 Å². The lowest BCUT2D eigenvalue weighted by Gasteiger charge is -2.09. The van der Waals surface area contributed by atoms with Crippen LogP contribution in [0.1, 0.15) is 36.6 Å². The highest BCUT2D eigenvalue weighted by molar-refractivity contribution is 5.84. The van der Waals surface area contributed by atoms with E-state index in [2.05, 4.69) is 61.9 Å². The molecule has 2 N–H and O–H groups in total. The van der Waals surface area contributed by atoms with Crippen molar-refractivity contribution in [3.63, 3.8) is 0 Å². The molecule has 23 heavy (non-hydrogen) atoms. The van der Waals surface area contributed by atoms with Gasteiger partial charge in [0.15, 0.2) is 0 Å². The van der Waals surface area contributed by atoms with Crippen molar-refractivity contribution in [2.75, 3.05) is 0 Å². The number of hydrogen-bond donors (Lipinski definition) is 1. The fourth-order valence-corrected chi connectivity index (χ4v) is 2.91. The van der Waals surface area contributed by atoms with Crippen LogP contribution in [-0.2, 0) is 13.2 Å². The Kier molecular flexibility index (Phi) is 4.39. The third-order valence-corrected chi connectivity index (χ3v) is 4.16. The minimum Gasteiger partial charge on any atom is -0.489 e. The quantitative estimate of drug-likeness (QED) is 0.750. The summed E-state index contributed by atoms with van der Waals surface area (Å²) in [6.45, 7) is 7.59. The summed E-state index contributed by atoms with van der Waals surface area (Å²) in [6.07, 6.45) is 2.20. The van der Waals surface area contributed by atoms with Crippen molar-refractivity contribution in [2.45, 2.75) is 40.0 Å². The number of aromatic nitrogens is 1. The van der Waals surface area contributed by atoms with Gasteiger partial charge in [-0.3, -0.25) is 0 Å². The first kappa shape index (κ1) is 15.6. The lowest BCUT2D eigenvalue weighted by atomic mass is 10.1. The summed E-state index contributed by atoms with van der Waals surface area (Å²) in [5.74, 6) is 0.908. The average Bonchev–Trinajstić information content (AvgIpc) is 2.91. The van der Waals surface area contributed by atoms with Gasteiger partial charge in [0.05, 0.1) is 0 Å². The fraction of sp³-hybridized carbons (Fsp3) is 0.300. The summed E-state index contributed by atoms with van der Waals surface area (Å²) >= 11 is 0. The van der Waals surface area contributed by atoms with Crippen molar-refractivity contribution in [3.8, 4) is 5.75 Å². The lowest BCUT2D eigenvalue weighted by Crippen LogP contribution is -1.99. The molecule has 1 heterocycles. The maximum atomic E-state index is 6.00. The van der Waals surface area contributed by atoms with Gasteiger partial charge in [0.1, 0.15) is 12.4 Å². The molecule has 3 heteroatoms. The Morgan fingerprint density at radius 3 is 2.65 bits per heavy atom. The molecule has 120 valence electrons. The number of nitrogens with two attached hydrogens (primary N) is 1. The average molecular weight is 308 g/mol. The first-order valence-electron chi connectivity index (χ1n) is 8.10. The van der Waals surface area contributed by atoms with Crippen molar-refractivity contribution in [1.82, 2.24) is 4.57 Å². The fourth-order valence-electron chi connectivity index (χ4n) is 2.91. The summed E-state index contributed by atoms with van der Waals surface area (Å²) in [5.41, 5.74) is 10.6. The minimum atomic E-state index is 0.411. The van der Waals surface area contributed by atoms with E-state index in [1.54, 1.807) is 0 Å². The van der Waals surface area contributed by atoms with E-state index in [4.69, 9.17) is 10.5 Å². The molecule has 3 nitrogen and oxygen atoms in total. The van der Waals surface area contributed by atoms with Crippen molar-refractivity contribution >= 4 is 10.9 Å². The maximum absolute atomic E-state index is 6.00. The number of rotatable bonds is 5. The van der Waals surface area contributed by atoms with Gasteiger partial charge < -0.3 is 15.0 Å². The second kappa shape index (κ2) is 6.47. The summed E-state index contributed by atoms with van der Waals surface area (Å²) in [7, 11) is 0. The number of benzene rings is 2. The molecule has 0 amide bonds. The van der Waals surface area contributed by atoms with Gasteiger partial charge in [-0.25, -0.2) is 0 Å². The number of hydrogen-bond acceptors (Lipinski definition) is 2. The van der Waals surface area contributed by atoms with E-state index in [1.165, 1.54) is 22.0 Å². The van der Waals surface area contributed by atoms with Gasteiger partial charge in [-0.2, -0.15) is 0 Å². The Hall–Kier alpha value is -2.26. The van der Waals surface area contributed by atoms with Gasteiger partial charge in [-0.15, -0.1) is 0 Å². The van der Waals surface area contributed by atoms with E-state index in [1.807, 2.05) is 12.1 Å². The second-order valence-corrected chi connectivity index (χ2v) is 6.32. The van der Waals surface area contributed by atoms with E-state index < -0.39 is 0 Å². The van der Waals surface area contributed by atoms with E-state index in [-0.39, 0.29) is 0 Å². The van der Waals surface area contributed by atoms with Crippen LogP contribution in [-0.4, -0.2) is 4.57 Å². The topological polar surface area (TPSA) is 40.2 Å². The van der Waals surface area contributed by atoms with Gasteiger partial charge >= 0.3 is 0 Å². The van der Waals surface area contributed by atoms with Gasteiger partial charge in [0.2, 0.25) is 0 Å². The summed E-state index contributed by atoms with van der Waals surface area (Å²) < 4.78 is 8.30. The van der Waals surface area contributed by atoms with Crippen LogP contribution in [0.4, 0.5) is 0 Å². The molecule has 3 aromatic rings. The van der Waals surface area contributed by atoms with Gasteiger partial charge in [0.25, 0.3) is 0 Å². The third-order valence-electron chi connectivity index (χ3n) is 4.16. The molecule has 0 saturated carbocycles. The zero-order valence-electron chi connectivity index (χ0n) is 14.0. The van der Waals surface area contributed by atoms with Crippen molar-refractivity contribution < 1.29 is 4.74 Å². The highest BCUT2D eigenvalue weighted by Crippen LogP contribution is 2.27. The zero-order chi connectivity index (χ0) is 16.4. The molecule has 0 atom stereocenters. The molecule has 0 aliphatic rings. The van der Waals surface area contributed by atoms with Crippen LogP contribution in [0.25, 0.3) is 10.9 Å². The summed E-state index contributed by atoms with van der Waals surface area (Å²) in [4.78, 5) is 0. The van der Waals surface area contributed by atoms with Gasteiger partial charge in [-0.05, 0) is 56.2 Å². The number of nitrogens with zero attached hydrogens (tertiary/aromatic N) is 1. The molecular formula is C20H24N2O. The highest BCUT2D eigenvalue weighted by atomic mass is 16.5. The molecule has 3 rings (SSSR count). The predicted molar refractivity (Wildman–Crippen MR) is 95.7 cm³/mol. The molecule has 0 fully saturated rings. The number of fused-ring (bicyclic) bond motifs is 1. The zero-order valence-corrected chi connectivity index (χ0v) is 14.0. The van der Waals surface area contributed by atoms with Crippen LogP contribution in [0.15, 0.2) is 48.7 Å². The van der Waals surface area contributed by atoms with E-state index >= 15 is 0 Å². The van der Waals surface area contributed by atoms with Crippen LogP contribution >= 0.6 is 0 Å². The third kappa shape index (κ3) is 3.25. The van der Waals surface area contributed by atoms with Gasteiger partial charge in [0, 0.05) is 35.2 Å². The molecule has 1 aromatic heterocycles. The predicted octanol–water partition coefficient (Wildman–Crippen LogP) is 4.57. The molecule has 0 spiro atoms. The molecule has 0 radical (unpaired) electrons. The van der Waals surface area contributed by atoms with Gasteiger partial charge in [-0.1, -0.05) is 18.2 Å². The molecule has 2 aromatic carbocycles. The smallest absolute Gasteiger partial charge is 0.120 e. The van der Waals surface area contributed by atoms with E-state index in [0.717, 1.165) is 11.3 Å². The highest BCUT2D eigenvalue weighted by Gasteiger charge is 2.12. The molecular weight excluding hydrogens is 284 g/mol. The SMILES string of the molecule is Cc1cccc(OCc2cn(C(C)C)c3ccc(CN)cc23)c1.